The number of ether oxygens (including phenoxy) is 1. The molecule has 1 aromatic carbocycles. The number of carbonyl (C=O) groups excluding carboxylic acids is 1. The zero-order valence-electron chi connectivity index (χ0n) is 12.1. The van der Waals surface area contributed by atoms with Crippen molar-refractivity contribution < 1.29 is 9.53 Å². The fourth-order valence-corrected chi connectivity index (χ4v) is 2.31. The second-order valence-corrected chi connectivity index (χ2v) is 4.89. The lowest BCUT2D eigenvalue weighted by Gasteiger charge is -2.18. The third kappa shape index (κ3) is 3.73. The molecule has 1 aliphatic carbocycles. The summed E-state index contributed by atoms with van der Waals surface area (Å²) in [5.74, 6) is -0.177. The van der Waals surface area contributed by atoms with Crippen LogP contribution in [-0.4, -0.2) is 12.6 Å². The summed E-state index contributed by atoms with van der Waals surface area (Å²) in [6.45, 7) is 5.04. The molecule has 0 atom stereocenters. The minimum Gasteiger partial charge on any atom is -0.463 e. The Balaban J connectivity index is 1.98. The molecule has 0 aliphatic heterocycles. The maximum Gasteiger partial charge on any atom is 0.334 e. The number of hydrogen-bond donors (Lipinski definition) is 1. The lowest BCUT2D eigenvalue weighted by atomic mass is 9.96. The molecule has 0 amide bonds. The van der Waals surface area contributed by atoms with Crippen LogP contribution in [0.2, 0.25) is 0 Å². The Bertz CT molecular complexity index is 529. The molecule has 0 bridgehead atoms. The van der Waals surface area contributed by atoms with Gasteiger partial charge in [0.2, 0.25) is 0 Å². The summed E-state index contributed by atoms with van der Waals surface area (Å²) in [7, 11) is 0. The van der Waals surface area contributed by atoms with Crippen LogP contribution in [0.4, 0.5) is 0 Å². The maximum atomic E-state index is 11.8. The zero-order valence-corrected chi connectivity index (χ0v) is 12.1. The van der Waals surface area contributed by atoms with Gasteiger partial charge >= 0.3 is 5.97 Å². The molecule has 3 heteroatoms. The summed E-state index contributed by atoms with van der Waals surface area (Å²) >= 11 is 0. The highest BCUT2D eigenvalue weighted by Gasteiger charge is 2.17. The highest BCUT2D eigenvalue weighted by atomic mass is 16.5. The molecule has 1 N–H and O–H groups in total. The van der Waals surface area contributed by atoms with E-state index in [4.69, 9.17) is 4.74 Å². The van der Waals surface area contributed by atoms with Crippen LogP contribution < -0.4 is 5.32 Å². The smallest absolute Gasteiger partial charge is 0.334 e. The van der Waals surface area contributed by atoms with Crippen molar-refractivity contribution in [1.82, 2.24) is 5.32 Å². The summed E-state index contributed by atoms with van der Waals surface area (Å²) < 4.78 is 5.07. The Labute approximate surface area is 120 Å². The molecule has 0 heterocycles. The lowest BCUT2D eigenvalue weighted by Crippen LogP contribution is -2.18. The van der Waals surface area contributed by atoms with Crippen LogP contribution >= 0.6 is 0 Å². The van der Waals surface area contributed by atoms with Gasteiger partial charge in [-0.15, -0.1) is 0 Å². The van der Waals surface area contributed by atoms with Crippen LogP contribution in [0.5, 0.6) is 0 Å². The Hall–Kier alpha value is -2.03. The van der Waals surface area contributed by atoms with Crippen molar-refractivity contribution in [1.29, 1.82) is 0 Å². The minimum atomic E-state index is -0.177. The van der Waals surface area contributed by atoms with Crippen molar-refractivity contribution in [3.63, 3.8) is 0 Å². The van der Waals surface area contributed by atoms with E-state index >= 15 is 0 Å². The Kier molecular flexibility index (Phi) is 4.99. The first-order valence-electron chi connectivity index (χ1n) is 7.06. The van der Waals surface area contributed by atoms with E-state index in [0.29, 0.717) is 6.61 Å². The summed E-state index contributed by atoms with van der Waals surface area (Å²) in [5, 5.41) is 3.43. The van der Waals surface area contributed by atoms with Crippen LogP contribution in [0.25, 0.3) is 0 Å². The highest BCUT2D eigenvalue weighted by Crippen LogP contribution is 2.23. The SMILES string of the molecule is CCOC(=O)C1=C(C)C=C(NCc2ccccc2)CC1. The molecule has 0 saturated heterocycles. The molecule has 20 heavy (non-hydrogen) atoms. The fourth-order valence-electron chi connectivity index (χ4n) is 2.31. The Morgan fingerprint density at radius 1 is 1.25 bits per heavy atom. The molecule has 1 aliphatic rings. The van der Waals surface area contributed by atoms with Gasteiger partial charge in [0.1, 0.15) is 0 Å². The van der Waals surface area contributed by atoms with E-state index < -0.39 is 0 Å². The molecule has 0 saturated carbocycles. The van der Waals surface area contributed by atoms with Gasteiger partial charge in [0, 0.05) is 17.8 Å². The first kappa shape index (κ1) is 14.4. The van der Waals surface area contributed by atoms with E-state index in [2.05, 4.69) is 23.5 Å². The molecule has 0 spiro atoms. The largest absolute Gasteiger partial charge is 0.463 e. The monoisotopic (exact) mass is 271 g/mol. The molecule has 0 unspecified atom stereocenters. The van der Waals surface area contributed by atoms with Gasteiger partial charge in [0.05, 0.1) is 6.61 Å². The molecule has 0 aromatic heterocycles. The van der Waals surface area contributed by atoms with Crippen LogP contribution in [-0.2, 0) is 16.1 Å². The van der Waals surface area contributed by atoms with Crippen LogP contribution in [0, 0.1) is 0 Å². The topological polar surface area (TPSA) is 38.3 Å². The van der Waals surface area contributed by atoms with Crippen molar-refractivity contribution in [2.75, 3.05) is 6.61 Å². The maximum absolute atomic E-state index is 11.8. The molecule has 0 fully saturated rings. The average Bonchev–Trinajstić information content (AvgIpc) is 2.46. The van der Waals surface area contributed by atoms with Gasteiger partial charge in [-0.25, -0.2) is 4.79 Å². The van der Waals surface area contributed by atoms with Crippen LogP contribution in [0.15, 0.2) is 53.3 Å². The van der Waals surface area contributed by atoms with Crippen LogP contribution in [0.3, 0.4) is 0 Å². The normalized spacial score (nSPS) is 14.8. The quantitative estimate of drug-likeness (QED) is 0.835. The van der Waals surface area contributed by atoms with Crippen molar-refractivity contribution in [3.8, 4) is 0 Å². The second-order valence-electron chi connectivity index (χ2n) is 4.89. The molecule has 106 valence electrons. The van der Waals surface area contributed by atoms with Gasteiger partial charge in [-0.3, -0.25) is 0 Å². The predicted molar refractivity (Wildman–Crippen MR) is 79.9 cm³/mol. The average molecular weight is 271 g/mol. The number of rotatable bonds is 5. The number of esters is 1. The highest BCUT2D eigenvalue weighted by molar-refractivity contribution is 5.90. The van der Waals surface area contributed by atoms with Gasteiger partial charge in [-0.1, -0.05) is 30.3 Å². The Morgan fingerprint density at radius 2 is 2.00 bits per heavy atom. The van der Waals surface area contributed by atoms with E-state index in [-0.39, 0.29) is 5.97 Å². The molecular formula is C17H21NO2. The van der Waals surface area contributed by atoms with E-state index in [1.807, 2.05) is 32.0 Å². The molecule has 1 aromatic rings. The standard InChI is InChI=1S/C17H21NO2/c1-3-20-17(19)16-10-9-15(11-13(16)2)18-12-14-7-5-4-6-8-14/h4-8,11,18H,3,9-10,12H2,1-2H3. The summed E-state index contributed by atoms with van der Waals surface area (Å²) in [6, 6.07) is 10.3. The number of allylic oxidation sites excluding steroid dienone is 3. The van der Waals surface area contributed by atoms with Gasteiger partial charge < -0.3 is 10.1 Å². The number of nitrogens with one attached hydrogen (secondary N) is 1. The zero-order chi connectivity index (χ0) is 14.4. The van der Waals surface area contributed by atoms with E-state index in [1.54, 1.807) is 0 Å². The third-order valence-corrected chi connectivity index (χ3v) is 3.40. The first-order valence-corrected chi connectivity index (χ1v) is 7.06. The molecule has 0 radical (unpaired) electrons. The number of carbonyl (C=O) groups is 1. The van der Waals surface area contributed by atoms with Gasteiger partial charge in [-0.05, 0) is 43.9 Å². The summed E-state index contributed by atoms with van der Waals surface area (Å²) in [4.78, 5) is 11.8. The molecular weight excluding hydrogens is 250 g/mol. The van der Waals surface area contributed by atoms with Crippen molar-refractivity contribution in [2.45, 2.75) is 33.2 Å². The minimum absolute atomic E-state index is 0.177. The van der Waals surface area contributed by atoms with Gasteiger partial charge in [-0.2, -0.15) is 0 Å². The van der Waals surface area contributed by atoms with Crippen molar-refractivity contribution in [3.05, 3.63) is 58.8 Å². The molecule has 2 rings (SSSR count). The van der Waals surface area contributed by atoms with E-state index in [0.717, 1.165) is 30.5 Å². The number of benzene rings is 1. The van der Waals surface area contributed by atoms with Crippen LogP contribution in [0.1, 0.15) is 32.3 Å². The van der Waals surface area contributed by atoms with E-state index in [1.165, 1.54) is 11.3 Å². The summed E-state index contributed by atoms with van der Waals surface area (Å²) in [5.41, 5.74) is 4.24. The predicted octanol–water partition coefficient (Wildman–Crippen LogP) is 3.33. The van der Waals surface area contributed by atoms with E-state index in [9.17, 15) is 4.79 Å². The van der Waals surface area contributed by atoms with Crippen molar-refractivity contribution >= 4 is 5.97 Å². The summed E-state index contributed by atoms with van der Waals surface area (Å²) in [6.07, 6.45) is 3.66. The molecule has 3 nitrogen and oxygen atoms in total. The number of hydrogen-bond acceptors (Lipinski definition) is 3. The van der Waals surface area contributed by atoms with Crippen molar-refractivity contribution in [2.24, 2.45) is 0 Å². The fraction of sp³-hybridized carbons (Fsp3) is 0.353. The first-order chi connectivity index (χ1) is 9.70. The third-order valence-electron chi connectivity index (χ3n) is 3.40. The lowest BCUT2D eigenvalue weighted by molar-refractivity contribution is -0.138. The van der Waals surface area contributed by atoms with Gasteiger partial charge in [0.15, 0.2) is 0 Å². The Morgan fingerprint density at radius 3 is 2.65 bits per heavy atom. The second kappa shape index (κ2) is 6.94. The van der Waals surface area contributed by atoms with Gasteiger partial charge in [0.25, 0.3) is 0 Å².